The van der Waals surface area contributed by atoms with Crippen molar-refractivity contribution in [3.8, 4) is 0 Å². The van der Waals surface area contributed by atoms with Gasteiger partial charge in [0.25, 0.3) is 10.2 Å². The summed E-state index contributed by atoms with van der Waals surface area (Å²) < 4.78 is 44.3. The Kier molecular flexibility index (Phi) is 7.17. The second kappa shape index (κ2) is 10.5. The lowest BCUT2D eigenvalue weighted by Gasteiger charge is -2.36. The molecule has 0 unspecified atom stereocenters. The number of nitrogens with zero attached hydrogens (tertiary/aromatic N) is 4. The average molecular weight is 498 g/mol. The molecule has 0 saturated carbocycles. The van der Waals surface area contributed by atoms with Gasteiger partial charge < -0.3 is 9.88 Å². The smallest absolute Gasteiger partial charge is 0.282 e. The third-order valence-corrected chi connectivity index (χ3v) is 8.99. The summed E-state index contributed by atoms with van der Waals surface area (Å²) in [6.45, 7) is 1.74. The van der Waals surface area contributed by atoms with Crippen LogP contribution in [0.5, 0.6) is 0 Å². The average Bonchev–Trinajstić information content (AvgIpc) is 3.33. The number of anilines is 1. The van der Waals surface area contributed by atoms with Gasteiger partial charge in [0.2, 0.25) is 0 Å². The van der Waals surface area contributed by atoms with E-state index in [1.54, 1.807) is 10.6 Å². The molecule has 2 aromatic carbocycles. The summed E-state index contributed by atoms with van der Waals surface area (Å²) in [5.74, 6) is 0. The van der Waals surface area contributed by atoms with Crippen molar-refractivity contribution in [2.75, 3.05) is 24.5 Å². The fourth-order valence-corrected chi connectivity index (χ4v) is 6.76. The lowest BCUT2D eigenvalue weighted by atomic mass is 10.0. The highest BCUT2D eigenvalue weighted by Gasteiger charge is 2.38. The lowest BCUT2D eigenvalue weighted by Crippen LogP contribution is -2.50. The molecule has 0 radical (unpaired) electrons. The Labute approximate surface area is 206 Å². The van der Waals surface area contributed by atoms with Gasteiger partial charge in [-0.3, -0.25) is 0 Å². The summed E-state index contributed by atoms with van der Waals surface area (Å²) >= 11 is 0. The third-order valence-electron chi connectivity index (χ3n) is 7.04. The van der Waals surface area contributed by atoms with Crippen molar-refractivity contribution in [1.29, 1.82) is 0 Å². The van der Waals surface area contributed by atoms with Crippen LogP contribution in [0.15, 0.2) is 67.1 Å². The van der Waals surface area contributed by atoms with Gasteiger partial charge in [-0.2, -0.15) is 17.0 Å². The number of halogens is 1. The molecule has 1 atom stereocenters. The Hall–Kier alpha value is -2.75. The molecule has 2 aliphatic rings. The number of H-pyrrole nitrogens is 1. The molecule has 0 spiro atoms. The van der Waals surface area contributed by atoms with Crippen LogP contribution < -0.4 is 4.90 Å². The molecule has 0 aliphatic carbocycles. The molecular weight excluding hydrogens is 465 g/mol. The van der Waals surface area contributed by atoms with Crippen LogP contribution >= 0.6 is 0 Å². The molecule has 0 amide bonds. The highest BCUT2D eigenvalue weighted by molar-refractivity contribution is 7.86. The number of aryl methyl sites for hydroxylation is 1. The number of aromatic amines is 1. The topological polar surface area (TPSA) is 72.5 Å². The molecule has 0 bridgehead atoms. The van der Waals surface area contributed by atoms with E-state index >= 15 is 0 Å². The molecule has 1 aromatic heterocycles. The first-order valence-electron chi connectivity index (χ1n) is 12.3. The number of fused-ring (bicyclic) bond motifs is 1. The van der Waals surface area contributed by atoms with E-state index in [1.165, 1.54) is 9.87 Å². The monoisotopic (exact) mass is 497 g/mol. The Morgan fingerprint density at radius 3 is 2.49 bits per heavy atom. The predicted octanol–water partition coefficient (Wildman–Crippen LogP) is 3.91. The van der Waals surface area contributed by atoms with E-state index in [0.717, 1.165) is 29.8 Å². The van der Waals surface area contributed by atoms with Gasteiger partial charge in [0.05, 0.1) is 18.6 Å². The van der Waals surface area contributed by atoms with E-state index in [-0.39, 0.29) is 32.0 Å². The largest absolute Gasteiger partial charge is 0.361 e. The molecule has 35 heavy (non-hydrogen) atoms. The number of hydrogen-bond donors (Lipinski definition) is 1. The maximum absolute atomic E-state index is 13.8. The summed E-state index contributed by atoms with van der Waals surface area (Å²) in [4.78, 5) is 9.69. The minimum absolute atomic E-state index is 0.0457. The van der Waals surface area contributed by atoms with Crippen LogP contribution in [0.1, 0.15) is 36.1 Å². The molecule has 1 saturated heterocycles. The quantitative estimate of drug-likeness (QED) is 0.537. The van der Waals surface area contributed by atoms with Gasteiger partial charge in [0.1, 0.15) is 6.17 Å². The summed E-state index contributed by atoms with van der Waals surface area (Å²) in [7, 11) is -3.72. The molecule has 186 valence electrons. The van der Waals surface area contributed by atoms with E-state index in [2.05, 4.69) is 33.1 Å². The summed E-state index contributed by atoms with van der Waals surface area (Å²) in [6, 6.07) is 18.3. The first-order chi connectivity index (χ1) is 17.0. The van der Waals surface area contributed by atoms with Gasteiger partial charge in [-0.15, -0.1) is 0 Å². The number of aromatic nitrogens is 2. The highest BCUT2D eigenvalue weighted by atomic mass is 32.2. The molecule has 3 heterocycles. The second-order valence-corrected chi connectivity index (χ2v) is 11.3. The van der Waals surface area contributed by atoms with E-state index in [0.29, 0.717) is 19.6 Å². The Morgan fingerprint density at radius 1 is 1.00 bits per heavy atom. The number of hydrogen-bond acceptors (Lipinski definition) is 4. The maximum Gasteiger partial charge on any atom is 0.282 e. The number of alkyl halides is 1. The lowest BCUT2D eigenvalue weighted by molar-refractivity contribution is 0.200. The van der Waals surface area contributed by atoms with Gasteiger partial charge in [0.15, 0.2) is 0 Å². The third kappa shape index (κ3) is 5.42. The normalized spacial score (nSPS) is 20.5. The van der Waals surface area contributed by atoms with Crippen LogP contribution in [-0.2, 0) is 29.7 Å². The van der Waals surface area contributed by atoms with Crippen molar-refractivity contribution in [2.24, 2.45) is 0 Å². The van der Waals surface area contributed by atoms with Gasteiger partial charge in [-0.1, -0.05) is 48.5 Å². The summed E-state index contributed by atoms with van der Waals surface area (Å²) in [5, 5.41) is 0. The second-order valence-electron chi connectivity index (χ2n) is 9.39. The van der Waals surface area contributed by atoms with Gasteiger partial charge in [-0.05, 0) is 42.9 Å². The van der Waals surface area contributed by atoms with Crippen molar-refractivity contribution in [2.45, 2.75) is 51.0 Å². The number of piperidine rings is 1. The van der Waals surface area contributed by atoms with Crippen LogP contribution in [-0.4, -0.2) is 58.8 Å². The summed E-state index contributed by atoms with van der Waals surface area (Å²) in [5.41, 5.74) is 4.22. The molecule has 7 nitrogen and oxygen atoms in total. The fourth-order valence-electron chi connectivity index (χ4n) is 5.10. The molecular formula is C26H32FN5O2S. The maximum atomic E-state index is 13.8. The van der Waals surface area contributed by atoms with Crippen molar-refractivity contribution in [3.63, 3.8) is 0 Å². The minimum atomic E-state index is -3.72. The highest BCUT2D eigenvalue weighted by Crippen LogP contribution is 2.33. The number of imidazole rings is 1. The van der Waals surface area contributed by atoms with Crippen molar-refractivity contribution < 1.29 is 12.8 Å². The number of para-hydroxylation sites is 1. The predicted molar refractivity (Wildman–Crippen MR) is 135 cm³/mol. The van der Waals surface area contributed by atoms with Crippen LogP contribution in [0, 0.1) is 0 Å². The van der Waals surface area contributed by atoms with E-state index in [4.69, 9.17) is 0 Å². The zero-order valence-electron chi connectivity index (χ0n) is 19.8. The Morgan fingerprint density at radius 2 is 1.74 bits per heavy atom. The van der Waals surface area contributed by atoms with Crippen LogP contribution in [0.4, 0.5) is 10.1 Å². The van der Waals surface area contributed by atoms with Crippen LogP contribution in [0.3, 0.4) is 0 Å². The van der Waals surface area contributed by atoms with E-state index in [1.807, 2.05) is 42.6 Å². The SMILES string of the molecule is O=S(=O)(N1CCC(F)CC1)N1Cc2ccccc2N(Cc2cnc[nH]2)[C@@H](CCc2ccccc2)C1. The molecule has 3 aromatic rings. The van der Waals surface area contributed by atoms with Crippen molar-refractivity contribution in [3.05, 3.63) is 83.9 Å². The van der Waals surface area contributed by atoms with Gasteiger partial charge >= 0.3 is 0 Å². The zero-order chi connectivity index (χ0) is 24.3. The molecule has 1 fully saturated rings. The van der Waals surface area contributed by atoms with Gasteiger partial charge in [-0.25, -0.2) is 9.37 Å². The van der Waals surface area contributed by atoms with Crippen LogP contribution in [0.25, 0.3) is 0 Å². The molecule has 9 heteroatoms. The van der Waals surface area contributed by atoms with E-state index in [9.17, 15) is 12.8 Å². The molecule has 1 N–H and O–H groups in total. The van der Waals surface area contributed by atoms with Crippen molar-refractivity contribution in [1.82, 2.24) is 18.6 Å². The zero-order valence-corrected chi connectivity index (χ0v) is 20.6. The molecule has 2 aliphatic heterocycles. The first-order valence-corrected chi connectivity index (χ1v) is 13.7. The first kappa shape index (κ1) is 24.0. The number of nitrogens with one attached hydrogen (secondary N) is 1. The fraction of sp³-hybridized carbons (Fsp3) is 0.423. The Bertz CT molecular complexity index is 1200. The van der Waals surface area contributed by atoms with Gasteiger partial charge in [0, 0.05) is 44.1 Å². The van der Waals surface area contributed by atoms with E-state index < -0.39 is 16.4 Å². The molecule has 5 rings (SSSR count). The number of rotatable bonds is 7. The Balaban J connectivity index is 1.48. The standard InChI is InChI=1S/C26H32FN5O2S/c27-23-12-14-30(15-13-23)35(33,34)31-17-22-8-4-5-9-26(22)32(18-24-16-28-20-29-24)25(19-31)11-10-21-6-2-1-3-7-21/h1-9,16,20,23,25H,10-15,17-19H2,(H,28,29)/t25-/m0/s1. The minimum Gasteiger partial charge on any atom is -0.361 e. The summed E-state index contributed by atoms with van der Waals surface area (Å²) in [6.07, 6.45) is 4.72. The van der Waals surface area contributed by atoms with Crippen LogP contribution in [0.2, 0.25) is 0 Å². The number of benzene rings is 2. The van der Waals surface area contributed by atoms with Crippen molar-refractivity contribution >= 4 is 15.9 Å².